The summed E-state index contributed by atoms with van der Waals surface area (Å²) >= 11 is 1.39. The molecule has 28 heavy (non-hydrogen) atoms. The summed E-state index contributed by atoms with van der Waals surface area (Å²) in [6.45, 7) is 0.836. The van der Waals surface area contributed by atoms with Crippen molar-refractivity contribution in [3.05, 3.63) is 82.4 Å². The van der Waals surface area contributed by atoms with Gasteiger partial charge < -0.3 is 10.6 Å². The number of hydrogen-bond donors (Lipinski definition) is 1. The Morgan fingerprint density at radius 3 is 2.43 bits per heavy atom. The standard InChI is InChI=1S/C21H19F2N3OS/c22-16-8-4-7-15(18(16)23)19(27)26-11-9-21(10-12-26,14-5-2-1-3-6-14)17-13-28-20(24)25-17/h1-8,13H,9-12H2,(H2,24,25). The Hall–Kier alpha value is -2.80. The average molecular weight is 399 g/mol. The molecule has 0 aliphatic carbocycles. The van der Waals surface area contributed by atoms with Gasteiger partial charge in [0.05, 0.1) is 11.3 Å². The van der Waals surface area contributed by atoms with Gasteiger partial charge in [-0.25, -0.2) is 13.8 Å². The number of nitrogens with two attached hydrogens (primary N) is 1. The molecule has 4 rings (SSSR count). The maximum absolute atomic E-state index is 14.0. The van der Waals surface area contributed by atoms with Crippen LogP contribution in [0.15, 0.2) is 53.9 Å². The van der Waals surface area contributed by atoms with E-state index in [2.05, 4.69) is 17.1 Å². The number of halogens is 2. The van der Waals surface area contributed by atoms with Gasteiger partial charge in [0, 0.05) is 23.9 Å². The Balaban J connectivity index is 1.63. The van der Waals surface area contributed by atoms with Crippen LogP contribution < -0.4 is 5.73 Å². The van der Waals surface area contributed by atoms with Crippen molar-refractivity contribution in [3.8, 4) is 0 Å². The van der Waals surface area contributed by atoms with Crippen molar-refractivity contribution < 1.29 is 13.6 Å². The van der Waals surface area contributed by atoms with Gasteiger partial charge in [-0.15, -0.1) is 11.3 Å². The fraction of sp³-hybridized carbons (Fsp3) is 0.238. The quantitative estimate of drug-likeness (QED) is 0.717. The Labute approximate surface area is 165 Å². The molecule has 0 unspecified atom stereocenters. The summed E-state index contributed by atoms with van der Waals surface area (Å²) in [6, 6.07) is 13.7. The number of amides is 1. The molecule has 1 fully saturated rings. The first-order valence-corrected chi connectivity index (χ1v) is 9.89. The van der Waals surface area contributed by atoms with Crippen LogP contribution in [-0.4, -0.2) is 28.9 Å². The van der Waals surface area contributed by atoms with Crippen molar-refractivity contribution in [2.45, 2.75) is 18.3 Å². The molecule has 1 saturated heterocycles. The molecule has 1 amide bonds. The highest BCUT2D eigenvalue weighted by Crippen LogP contribution is 2.42. The number of carbonyl (C=O) groups is 1. The fourth-order valence-corrected chi connectivity index (χ4v) is 4.55. The number of piperidine rings is 1. The van der Waals surface area contributed by atoms with Gasteiger partial charge in [0.25, 0.3) is 5.91 Å². The summed E-state index contributed by atoms with van der Waals surface area (Å²) < 4.78 is 27.6. The van der Waals surface area contributed by atoms with Crippen LogP contribution in [0.3, 0.4) is 0 Å². The third kappa shape index (κ3) is 3.16. The number of benzene rings is 2. The van der Waals surface area contributed by atoms with Gasteiger partial charge >= 0.3 is 0 Å². The number of nitrogen functional groups attached to an aromatic ring is 1. The summed E-state index contributed by atoms with van der Waals surface area (Å²) in [5.41, 5.74) is 7.29. The second-order valence-electron chi connectivity index (χ2n) is 6.91. The third-order valence-corrected chi connectivity index (χ3v) is 6.10. The Kier molecular flexibility index (Phi) is 4.85. The molecule has 2 aromatic carbocycles. The van der Waals surface area contributed by atoms with E-state index in [4.69, 9.17) is 5.73 Å². The SMILES string of the molecule is Nc1nc(C2(c3ccccc3)CCN(C(=O)c3cccc(F)c3F)CC2)cs1. The van der Waals surface area contributed by atoms with Gasteiger partial charge in [-0.2, -0.15) is 0 Å². The van der Waals surface area contributed by atoms with E-state index >= 15 is 0 Å². The van der Waals surface area contributed by atoms with Crippen molar-refractivity contribution in [2.75, 3.05) is 18.8 Å². The van der Waals surface area contributed by atoms with E-state index in [1.807, 2.05) is 23.6 Å². The number of nitrogens with zero attached hydrogens (tertiary/aromatic N) is 2. The van der Waals surface area contributed by atoms with Gasteiger partial charge in [-0.05, 0) is 30.5 Å². The molecule has 3 aromatic rings. The van der Waals surface area contributed by atoms with Crippen LogP contribution in [0.5, 0.6) is 0 Å². The van der Waals surface area contributed by atoms with Crippen LogP contribution in [0.1, 0.15) is 34.5 Å². The minimum Gasteiger partial charge on any atom is -0.375 e. The first-order chi connectivity index (χ1) is 13.5. The molecule has 0 atom stereocenters. The highest BCUT2D eigenvalue weighted by atomic mass is 32.1. The van der Waals surface area contributed by atoms with Crippen molar-refractivity contribution in [1.29, 1.82) is 0 Å². The lowest BCUT2D eigenvalue weighted by Crippen LogP contribution is -2.46. The Bertz CT molecular complexity index is 998. The first-order valence-electron chi connectivity index (χ1n) is 9.01. The van der Waals surface area contributed by atoms with E-state index in [0.29, 0.717) is 31.1 Å². The molecule has 2 N–H and O–H groups in total. The van der Waals surface area contributed by atoms with E-state index in [9.17, 15) is 13.6 Å². The second kappa shape index (κ2) is 7.31. The third-order valence-electron chi connectivity index (χ3n) is 5.42. The smallest absolute Gasteiger partial charge is 0.256 e. The van der Waals surface area contributed by atoms with E-state index in [1.165, 1.54) is 23.5 Å². The zero-order valence-corrected chi connectivity index (χ0v) is 15.9. The van der Waals surface area contributed by atoms with E-state index in [1.54, 1.807) is 4.90 Å². The predicted molar refractivity (Wildman–Crippen MR) is 105 cm³/mol. The summed E-state index contributed by atoms with van der Waals surface area (Å²) in [6.07, 6.45) is 1.26. The van der Waals surface area contributed by atoms with Gasteiger partial charge in [-0.1, -0.05) is 36.4 Å². The number of anilines is 1. The van der Waals surface area contributed by atoms with Gasteiger partial charge in [0.1, 0.15) is 0 Å². The molecule has 7 heteroatoms. The van der Waals surface area contributed by atoms with E-state index in [-0.39, 0.29) is 11.0 Å². The minimum atomic E-state index is -1.10. The van der Waals surface area contributed by atoms with E-state index < -0.39 is 17.5 Å². The van der Waals surface area contributed by atoms with Crippen LogP contribution in [0.4, 0.5) is 13.9 Å². The minimum absolute atomic E-state index is 0.231. The molecule has 0 bridgehead atoms. The molecule has 1 aromatic heterocycles. The zero-order valence-electron chi connectivity index (χ0n) is 15.1. The van der Waals surface area contributed by atoms with E-state index in [0.717, 1.165) is 17.3 Å². The average Bonchev–Trinajstić information content (AvgIpc) is 3.17. The summed E-state index contributed by atoms with van der Waals surface area (Å²) in [7, 11) is 0. The first kappa shape index (κ1) is 18.6. The summed E-state index contributed by atoms with van der Waals surface area (Å²) in [4.78, 5) is 18.8. The molecule has 2 heterocycles. The number of thiazole rings is 1. The van der Waals surface area contributed by atoms with Crippen LogP contribution in [-0.2, 0) is 5.41 Å². The van der Waals surface area contributed by atoms with Gasteiger partial charge in [-0.3, -0.25) is 4.79 Å². The number of likely N-dealkylation sites (tertiary alicyclic amines) is 1. The monoisotopic (exact) mass is 399 g/mol. The highest BCUT2D eigenvalue weighted by molar-refractivity contribution is 7.13. The maximum Gasteiger partial charge on any atom is 0.256 e. The summed E-state index contributed by atoms with van der Waals surface area (Å²) in [5, 5.41) is 2.47. The zero-order chi connectivity index (χ0) is 19.7. The van der Waals surface area contributed by atoms with Crippen LogP contribution in [0, 0.1) is 11.6 Å². The van der Waals surface area contributed by atoms with Crippen LogP contribution in [0.25, 0.3) is 0 Å². The molecule has 144 valence electrons. The fourth-order valence-electron chi connectivity index (χ4n) is 3.89. The molecule has 0 spiro atoms. The number of rotatable bonds is 3. The van der Waals surface area contributed by atoms with Crippen LogP contribution >= 0.6 is 11.3 Å². The topological polar surface area (TPSA) is 59.2 Å². The van der Waals surface area contributed by atoms with Crippen molar-refractivity contribution in [1.82, 2.24) is 9.88 Å². The molecular weight excluding hydrogens is 380 g/mol. The lowest BCUT2D eigenvalue weighted by Gasteiger charge is -2.41. The molecular formula is C21H19F2N3OS. The number of hydrogen-bond acceptors (Lipinski definition) is 4. The number of carbonyl (C=O) groups excluding carboxylic acids is 1. The van der Waals surface area contributed by atoms with Crippen molar-refractivity contribution >= 4 is 22.4 Å². The largest absolute Gasteiger partial charge is 0.375 e. The molecule has 1 aliphatic heterocycles. The number of aromatic nitrogens is 1. The Morgan fingerprint density at radius 2 is 1.79 bits per heavy atom. The maximum atomic E-state index is 14.0. The molecule has 1 aliphatic rings. The Morgan fingerprint density at radius 1 is 1.07 bits per heavy atom. The molecule has 0 radical (unpaired) electrons. The highest BCUT2D eigenvalue weighted by Gasteiger charge is 2.41. The van der Waals surface area contributed by atoms with Gasteiger partial charge in [0.15, 0.2) is 16.8 Å². The van der Waals surface area contributed by atoms with Gasteiger partial charge in [0.2, 0.25) is 0 Å². The normalized spacial score (nSPS) is 16.1. The molecule has 0 saturated carbocycles. The lowest BCUT2D eigenvalue weighted by atomic mass is 9.70. The van der Waals surface area contributed by atoms with Crippen molar-refractivity contribution in [2.24, 2.45) is 0 Å². The predicted octanol–water partition coefficient (Wildman–Crippen LogP) is 4.23. The van der Waals surface area contributed by atoms with Crippen LogP contribution in [0.2, 0.25) is 0 Å². The lowest BCUT2D eigenvalue weighted by molar-refractivity contribution is 0.0678. The molecule has 4 nitrogen and oxygen atoms in total. The van der Waals surface area contributed by atoms with Crippen molar-refractivity contribution in [3.63, 3.8) is 0 Å². The second-order valence-corrected chi connectivity index (χ2v) is 7.80. The summed E-state index contributed by atoms with van der Waals surface area (Å²) in [5.74, 6) is -2.60.